The van der Waals surface area contributed by atoms with E-state index in [4.69, 9.17) is 0 Å². The lowest BCUT2D eigenvalue weighted by Gasteiger charge is -2.34. The Kier molecular flexibility index (Phi) is 4.20. The fraction of sp³-hybridized carbons (Fsp3) is 0.900. The lowest BCUT2D eigenvalue weighted by atomic mass is 10.1. The smallest absolute Gasteiger partial charge is 0.319 e. The molecule has 14 heavy (non-hydrogen) atoms. The van der Waals surface area contributed by atoms with Gasteiger partial charge < -0.3 is 15.1 Å². The number of rotatable bonds is 4. The van der Waals surface area contributed by atoms with Crippen LogP contribution in [0.4, 0.5) is 4.79 Å². The third-order valence-electron chi connectivity index (χ3n) is 2.60. The molecule has 0 bridgehead atoms. The highest BCUT2D eigenvalue weighted by molar-refractivity contribution is 5.74. The van der Waals surface area contributed by atoms with Crippen molar-refractivity contribution in [1.29, 1.82) is 0 Å². The van der Waals surface area contributed by atoms with Crippen molar-refractivity contribution in [3.8, 4) is 0 Å². The summed E-state index contributed by atoms with van der Waals surface area (Å²) in [5.74, 6) is 0.524. The maximum absolute atomic E-state index is 11.7. The zero-order chi connectivity index (χ0) is 10.6. The Labute approximate surface area is 86.2 Å². The highest BCUT2D eigenvalue weighted by Crippen LogP contribution is 2.09. The standard InChI is InChI=1S/C10H21N3O/c1-9(7-11-2)8-13-6-4-5-12(3)10(13)14/h9,11H,4-8H2,1-3H3. The SMILES string of the molecule is CNCC(C)CN1CCCN(C)C1=O. The van der Waals surface area contributed by atoms with Gasteiger partial charge in [-0.15, -0.1) is 0 Å². The normalized spacial score (nSPS) is 20.1. The Balaban J connectivity index is 2.39. The van der Waals surface area contributed by atoms with Gasteiger partial charge in [-0.1, -0.05) is 6.92 Å². The first-order valence-electron chi connectivity index (χ1n) is 5.29. The van der Waals surface area contributed by atoms with Crippen LogP contribution in [0.1, 0.15) is 13.3 Å². The predicted molar refractivity (Wildman–Crippen MR) is 57.3 cm³/mol. The minimum absolute atomic E-state index is 0.180. The van der Waals surface area contributed by atoms with Crippen molar-refractivity contribution in [2.75, 3.05) is 40.3 Å². The Morgan fingerprint density at radius 1 is 1.50 bits per heavy atom. The maximum Gasteiger partial charge on any atom is 0.319 e. The summed E-state index contributed by atoms with van der Waals surface area (Å²) in [6.45, 7) is 5.81. The van der Waals surface area contributed by atoms with Crippen molar-refractivity contribution in [2.24, 2.45) is 5.92 Å². The Morgan fingerprint density at radius 3 is 2.86 bits per heavy atom. The molecule has 0 saturated carbocycles. The largest absolute Gasteiger partial charge is 0.328 e. The molecule has 1 heterocycles. The van der Waals surface area contributed by atoms with Gasteiger partial charge >= 0.3 is 6.03 Å². The van der Waals surface area contributed by atoms with Crippen molar-refractivity contribution in [1.82, 2.24) is 15.1 Å². The average molecular weight is 199 g/mol. The molecule has 1 rings (SSSR count). The van der Waals surface area contributed by atoms with Crippen LogP contribution in [-0.4, -0.2) is 56.1 Å². The van der Waals surface area contributed by atoms with E-state index in [1.807, 2.05) is 19.0 Å². The zero-order valence-electron chi connectivity index (χ0n) is 9.42. The number of urea groups is 1. The predicted octanol–water partition coefficient (Wildman–Crippen LogP) is 0.599. The third-order valence-corrected chi connectivity index (χ3v) is 2.60. The van der Waals surface area contributed by atoms with E-state index in [0.717, 1.165) is 32.6 Å². The van der Waals surface area contributed by atoms with Gasteiger partial charge in [-0.05, 0) is 25.9 Å². The van der Waals surface area contributed by atoms with Crippen LogP contribution in [0.15, 0.2) is 0 Å². The third kappa shape index (κ3) is 2.87. The molecule has 1 atom stereocenters. The number of carbonyl (C=O) groups is 1. The zero-order valence-corrected chi connectivity index (χ0v) is 9.42. The second kappa shape index (κ2) is 5.20. The van der Waals surface area contributed by atoms with E-state index in [-0.39, 0.29) is 6.03 Å². The van der Waals surface area contributed by atoms with Crippen LogP contribution < -0.4 is 5.32 Å². The molecule has 1 aliphatic heterocycles. The molecule has 82 valence electrons. The van der Waals surface area contributed by atoms with Crippen LogP contribution in [0.2, 0.25) is 0 Å². The lowest BCUT2D eigenvalue weighted by Crippen LogP contribution is -2.49. The minimum Gasteiger partial charge on any atom is -0.328 e. The molecule has 1 fully saturated rings. The molecule has 0 radical (unpaired) electrons. The lowest BCUT2D eigenvalue weighted by molar-refractivity contribution is 0.133. The molecular weight excluding hydrogens is 178 g/mol. The van der Waals surface area contributed by atoms with Gasteiger partial charge in [-0.25, -0.2) is 4.79 Å². The van der Waals surface area contributed by atoms with Gasteiger partial charge in [0.2, 0.25) is 0 Å². The van der Waals surface area contributed by atoms with Crippen LogP contribution in [0.5, 0.6) is 0 Å². The van der Waals surface area contributed by atoms with E-state index < -0.39 is 0 Å². The highest BCUT2D eigenvalue weighted by atomic mass is 16.2. The number of carbonyl (C=O) groups excluding carboxylic acids is 1. The van der Waals surface area contributed by atoms with Crippen LogP contribution >= 0.6 is 0 Å². The van der Waals surface area contributed by atoms with E-state index in [9.17, 15) is 4.79 Å². The molecule has 0 aromatic carbocycles. The summed E-state index contributed by atoms with van der Waals surface area (Å²) in [4.78, 5) is 15.4. The molecule has 2 amide bonds. The van der Waals surface area contributed by atoms with Crippen LogP contribution in [0, 0.1) is 5.92 Å². The molecule has 0 aliphatic carbocycles. The van der Waals surface area contributed by atoms with E-state index in [1.165, 1.54) is 0 Å². The molecule has 0 aromatic rings. The van der Waals surface area contributed by atoms with Crippen LogP contribution in [0.3, 0.4) is 0 Å². The van der Waals surface area contributed by atoms with Gasteiger partial charge in [-0.2, -0.15) is 0 Å². The quantitative estimate of drug-likeness (QED) is 0.719. The maximum atomic E-state index is 11.7. The topological polar surface area (TPSA) is 35.6 Å². The summed E-state index contributed by atoms with van der Waals surface area (Å²) in [5, 5.41) is 3.13. The molecule has 1 saturated heterocycles. The number of hydrogen-bond donors (Lipinski definition) is 1. The molecule has 0 spiro atoms. The van der Waals surface area contributed by atoms with E-state index in [2.05, 4.69) is 12.2 Å². The molecule has 4 nitrogen and oxygen atoms in total. The fourth-order valence-corrected chi connectivity index (χ4v) is 1.89. The first kappa shape index (κ1) is 11.3. The van der Waals surface area contributed by atoms with Crippen LogP contribution in [-0.2, 0) is 0 Å². The Bertz CT molecular complexity index is 196. The first-order valence-corrected chi connectivity index (χ1v) is 5.29. The second-order valence-electron chi connectivity index (χ2n) is 4.17. The van der Waals surface area contributed by atoms with Crippen molar-refractivity contribution in [2.45, 2.75) is 13.3 Å². The summed E-state index contributed by atoms with van der Waals surface area (Å²) < 4.78 is 0. The van der Waals surface area contributed by atoms with Crippen molar-refractivity contribution in [3.05, 3.63) is 0 Å². The molecule has 1 N–H and O–H groups in total. The summed E-state index contributed by atoms with van der Waals surface area (Å²) in [6.07, 6.45) is 1.09. The minimum atomic E-state index is 0.180. The van der Waals surface area contributed by atoms with E-state index >= 15 is 0 Å². The highest BCUT2D eigenvalue weighted by Gasteiger charge is 2.23. The van der Waals surface area contributed by atoms with Crippen LogP contribution in [0.25, 0.3) is 0 Å². The Hall–Kier alpha value is -0.770. The fourth-order valence-electron chi connectivity index (χ4n) is 1.89. The number of nitrogens with zero attached hydrogens (tertiary/aromatic N) is 2. The summed E-state index contributed by atoms with van der Waals surface area (Å²) >= 11 is 0. The number of nitrogens with one attached hydrogen (secondary N) is 1. The second-order valence-corrected chi connectivity index (χ2v) is 4.17. The van der Waals surface area contributed by atoms with Gasteiger partial charge in [0.25, 0.3) is 0 Å². The van der Waals surface area contributed by atoms with Gasteiger partial charge in [0.05, 0.1) is 0 Å². The molecule has 1 unspecified atom stereocenters. The first-order chi connectivity index (χ1) is 6.65. The molecule has 0 aromatic heterocycles. The van der Waals surface area contributed by atoms with Gasteiger partial charge in [-0.3, -0.25) is 0 Å². The number of amides is 2. The van der Waals surface area contributed by atoms with Gasteiger partial charge in [0.15, 0.2) is 0 Å². The monoisotopic (exact) mass is 199 g/mol. The Morgan fingerprint density at radius 2 is 2.21 bits per heavy atom. The molecule has 4 heteroatoms. The van der Waals surface area contributed by atoms with Gasteiger partial charge in [0, 0.05) is 26.7 Å². The van der Waals surface area contributed by atoms with Crippen molar-refractivity contribution in [3.63, 3.8) is 0 Å². The van der Waals surface area contributed by atoms with Gasteiger partial charge in [0.1, 0.15) is 0 Å². The summed E-state index contributed by atoms with van der Waals surface area (Å²) in [6, 6.07) is 0.180. The van der Waals surface area contributed by atoms with Crippen molar-refractivity contribution < 1.29 is 4.79 Å². The van der Waals surface area contributed by atoms with E-state index in [0.29, 0.717) is 5.92 Å². The van der Waals surface area contributed by atoms with E-state index in [1.54, 1.807) is 4.90 Å². The van der Waals surface area contributed by atoms with Crippen molar-refractivity contribution >= 4 is 6.03 Å². The summed E-state index contributed by atoms with van der Waals surface area (Å²) in [5.41, 5.74) is 0. The molecular formula is C10H21N3O. The summed E-state index contributed by atoms with van der Waals surface area (Å²) in [7, 11) is 3.82. The average Bonchev–Trinajstić information content (AvgIpc) is 2.13. The molecule has 1 aliphatic rings. The number of hydrogen-bond acceptors (Lipinski definition) is 2.